The number of fused-ring (bicyclic) bond motifs is 2. The van der Waals surface area contributed by atoms with Crippen LogP contribution in [-0.2, 0) is 0 Å². The zero-order chi connectivity index (χ0) is 34.0. The van der Waals surface area contributed by atoms with Crippen molar-refractivity contribution in [3.8, 4) is 34.0 Å². The van der Waals surface area contributed by atoms with Crippen molar-refractivity contribution < 1.29 is 10.2 Å². The summed E-state index contributed by atoms with van der Waals surface area (Å²) in [5.74, 6) is 0.445. The van der Waals surface area contributed by atoms with E-state index in [0.717, 1.165) is 60.7 Å². The fourth-order valence-electron chi connectivity index (χ4n) is 5.02. The highest BCUT2D eigenvalue weighted by atomic mass is 35.5. The van der Waals surface area contributed by atoms with E-state index < -0.39 is 0 Å². The van der Waals surface area contributed by atoms with Crippen LogP contribution in [0.15, 0.2) is 158 Å². The van der Waals surface area contributed by atoms with Crippen LogP contribution in [0.3, 0.4) is 0 Å². The van der Waals surface area contributed by atoms with Crippen molar-refractivity contribution in [2.45, 2.75) is 0 Å². The lowest BCUT2D eigenvalue weighted by Gasteiger charge is -2.10. The molecule has 8 aromatic rings. The number of halogens is 1. The molecule has 4 aromatic carbocycles. The normalized spacial score (nSPS) is 10.4. The van der Waals surface area contributed by atoms with Gasteiger partial charge in [-0.1, -0.05) is 60.1 Å². The highest BCUT2D eigenvalue weighted by molar-refractivity contribution is 6.35. The number of anilines is 3. The number of aromatic nitrogens is 4. The summed E-state index contributed by atoms with van der Waals surface area (Å²) in [6, 6.07) is 41.1. The number of hydrogen-bond donors (Lipinski definition) is 4. The maximum absolute atomic E-state index is 9.61. The number of rotatable bonds is 4. The van der Waals surface area contributed by atoms with Crippen molar-refractivity contribution in [1.29, 1.82) is 0 Å². The molecule has 0 atom stereocenters. The summed E-state index contributed by atoms with van der Waals surface area (Å²) in [6.45, 7) is 0. The molecular formula is C40H31ClN6O2. The van der Waals surface area contributed by atoms with Crippen LogP contribution < -0.4 is 11.1 Å². The molecule has 0 saturated carbocycles. The van der Waals surface area contributed by atoms with E-state index in [1.165, 1.54) is 6.07 Å². The van der Waals surface area contributed by atoms with Crippen molar-refractivity contribution in [1.82, 2.24) is 19.9 Å². The topological polar surface area (TPSA) is 130 Å². The Hall–Kier alpha value is -6.51. The molecule has 5 N–H and O–H groups in total. The van der Waals surface area contributed by atoms with Gasteiger partial charge in [0.1, 0.15) is 11.5 Å². The fourth-order valence-corrected chi connectivity index (χ4v) is 5.24. The molecule has 9 heteroatoms. The second-order valence-electron chi connectivity index (χ2n) is 10.8. The smallest absolute Gasteiger partial charge is 0.117 e. The molecule has 49 heavy (non-hydrogen) atoms. The van der Waals surface area contributed by atoms with Crippen LogP contribution in [0, 0.1) is 0 Å². The van der Waals surface area contributed by atoms with E-state index in [2.05, 4.69) is 25.3 Å². The molecule has 0 saturated heterocycles. The molecule has 4 heterocycles. The summed E-state index contributed by atoms with van der Waals surface area (Å²) < 4.78 is 0. The first-order valence-corrected chi connectivity index (χ1v) is 15.7. The van der Waals surface area contributed by atoms with Gasteiger partial charge in [-0.2, -0.15) is 0 Å². The van der Waals surface area contributed by atoms with Gasteiger partial charge in [0.2, 0.25) is 0 Å². The lowest BCUT2D eigenvalue weighted by Crippen LogP contribution is -1.93. The van der Waals surface area contributed by atoms with Gasteiger partial charge in [-0.3, -0.25) is 19.9 Å². The fraction of sp³-hybridized carbons (Fsp3) is 0. The lowest BCUT2D eigenvalue weighted by molar-refractivity contribution is 0.475. The number of phenolic OH excluding ortho intramolecular Hbond substituents is 2. The first-order valence-electron chi connectivity index (χ1n) is 15.3. The predicted molar refractivity (Wildman–Crippen MR) is 199 cm³/mol. The average molecular weight is 663 g/mol. The van der Waals surface area contributed by atoms with E-state index in [1.54, 1.807) is 67.3 Å². The summed E-state index contributed by atoms with van der Waals surface area (Å²) in [4.78, 5) is 17.5. The lowest BCUT2D eigenvalue weighted by atomic mass is 10.1. The van der Waals surface area contributed by atoms with Gasteiger partial charge in [-0.25, -0.2) is 0 Å². The van der Waals surface area contributed by atoms with Gasteiger partial charge in [-0.15, -0.1) is 0 Å². The summed E-state index contributed by atoms with van der Waals surface area (Å²) in [7, 11) is 0. The van der Waals surface area contributed by atoms with Gasteiger partial charge >= 0.3 is 0 Å². The first kappa shape index (κ1) is 32.4. The molecule has 0 aliphatic rings. The van der Waals surface area contributed by atoms with Gasteiger partial charge < -0.3 is 21.3 Å². The van der Waals surface area contributed by atoms with E-state index in [0.29, 0.717) is 5.69 Å². The Balaban J connectivity index is 0.000000144. The Morgan fingerprint density at radius 2 is 1.10 bits per heavy atom. The molecule has 0 spiro atoms. The number of nitrogen functional groups attached to an aromatic ring is 1. The van der Waals surface area contributed by atoms with E-state index >= 15 is 0 Å². The van der Waals surface area contributed by atoms with Gasteiger partial charge in [0.05, 0.1) is 27.4 Å². The Morgan fingerprint density at radius 1 is 0.510 bits per heavy atom. The summed E-state index contributed by atoms with van der Waals surface area (Å²) in [6.07, 6.45) is 7.06. The highest BCUT2D eigenvalue weighted by Gasteiger charge is 2.07. The van der Waals surface area contributed by atoms with Crippen LogP contribution >= 0.6 is 11.6 Å². The van der Waals surface area contributed by atoms with Crippen molar-refractivity contribution in [2.24, 2.45) is 0 Å². The third-order valence-electron chi connectivity index (χ3n) is 7.35. The number of pyridine rings is 4. The molecule has 0 aliphatic heterocycles. The first-order chi connectivity index (χ1) is 23.9. The number of nitrogens with two attached hydrogens (primary N) is 1. The maximum atomic E-state index is 9.61. The van der Waals surface area contributed by atoms with Gasteiger partial charge in [0.25, 0.3) is 0 Å². The van der Waals surface area contributed by atoms with Crippen molar-refractivity contribution in [2.75, 3.05) is 11.1 Å². The van der Waals surface area contributed by atoms with Crippen molar-refractivity contribution in [3.05, 3.63) is 163 Å². The number of aromatic hydroxyl groups is 2. The van der Waals surface area contributed by atoms with Crippen LogP contribution in [0.4, 0.5) is 17.1 Å². The third kappa shape index (κ3) is 8.45. The van der Waals surface area contributed by atoms with Crippen LogP contribution in [0.5, 0.6) is 11.5 Å². The van der Waals surface area contributed by atoms with Crippen molar-refractivity contribution in [3.63, 3.8) is 0 Å². The Morgan fingerprint density at radius 3 is 1.67 bits per heavy atom. The Bertz CT molecular complexity index is 2300. The number of benzene rings is 4. The van der Waals surface area contributed by atoms with Crippen LogP contribution in [0.2, 0.25) is 5.02 Å². The largest absolute Gasteiger partial charge is 0.508 e. The maximum Gasteiger partial charge on any atom is 0.117 e. The van der Waals surface area contributed by atoms with Crippen LogP contribution in [0.25, 0.3) is 44.3 Å². The molecule has 4 aromatic heterocycles. The summed E-state index contributed by atoms with van der Waals surface area (Å²) in [5, 5.41) is 24.4. The molecule has 8 rings (SSSR count). The highest BCUT2D eigenvalue weighted by Crippen LogP contribution is 2.30. The Kier molecular flexibility index (Phi) is 10.2. The van der Waals surface area contributed by atoms with Gasteiger partial charge in [0, 0.05) is 75.9 Å². The minimum absolute atomic E-state index is 0.213. The molecule has 240 valence electrons. The summed E-state index contributed by atoms with van der Waals surface area (Å²) >= 11 is 6.10. The summed E-state index contributed by atoms with van der Waals surface area (Å²) in [5.41, 5.74) is 13.4. The SMILES string of the molecule is Clc1ccnc2cc(-c3ccccn3)ccc12.Nc1cccc(O)c1.Oc1cccc(Nc2ccnc3cc(-c4ccccn4)ccc23)c1. The predicted octanol–water partition coefficient (Wildman–Crippen LogP) is 9.67. The van der Waals surface area contributed by atoms with Crippen LogP contribution in [0.1, 0.15) is 0 Å². The number of hydrogen-bond acceptors (Lipinski definition) is 8. The van der Waals surface area contributed by atoms with E-state index in [1.807, 2.05) is 84.9 Å². The molecule has 0 amide bonds. The molecule has 0 unspecified atom stereocenters. The molecule has 0 aliphatic carbocycles. The zero-order valence-electron chi connectivity index (χ0n) is 26.1. The van der Waals surface area contributed by atoms with Crippen molar-refractivity contribution >= 4 is 50.5 Å². The second-order valence-corrected chi connectivity index (χ2v) is 11.2. The number of phenols is 2. The van der Waals surface area contributed by atoms with Gasteiger partial charge in [-0.05, 0) is 72.8 Å². The zero-order valence-corrected chi connectivity index (χ0v) is 26.9. The minimum Gasteiger partial charge on any atom is -0.508 e. The molecular weight excluding hydrogens is 632 g/mol. The van der Waals surface area contributed by atoms with Gasteiger partial charge in [0.15, 0.2) is 0 Å². The monoisotopic (exact) mass is 662 g/mol. The number of nitrogens with one attached hydrogen (secondary N) is 1. The Labute approximate surface area is 288 Å². The quantitative estimate of drug-likeness (QED) is 0.137. The number of nitrogens with zero attached hydrogens (tertiary/aromatic N) is 4. The molecule has 0 bridgehead atoms. The second kappa shape index (κ2) is 15.4. The average Bonchev–Trinajstić information content (AvgIpc) is 3.13. The third-order valence-corrected chi connectivity index (χ3v) is 7.68. The van der Waals surface area contributed by atoms with Crippen LogP contribution in [-0.4, -0.2) is 30.1 Å². The standard InChI is InChI=1S/C20H15N3O.C14H9ClN2.C6H7NO/c24-16-5-3-4-15(13-16)23-19-9-11-22-20-12-14(7-8-17(19)20)18-6-1-2-10-21-18;15-12-6-8-17-14-9-10(4-5-11(12)14)13-3-1-2-7-16-13;7-5-2-1-3-6(8)4-5/h1-13,24H,(H,22,23);1-9H;1-4,8H,7H2. The molecule has 0 radical (unpaired) electrons. The molecule has 8 nitrogen and oxygen atoms in total. The molecule has 0 fully saturated rings. The minimum atomic E-state index is 0.213. The van der Waals surface area contributed by atoms with E-state index in [4.69, 9.17) is 22.4 Å². The van der Waals surface area contributed by atoms with E-state index in [9.17, 15) is 5.11 Å². The van der Waals surface area contributed by atoms with E-state index in [-0.39, 0.29) is 11.5 Å².